The first-order valence-electron chi connectivity index (χ1n) is 11.2. The van der Waals surface area contributed by atoms with Crippen LogP contribution in [0.1, 0.15) is 55.9 Å². The van der Waals surface area contributed by atoms with E-state index in [1.165, 1.54) is 5.56 Å². The lowest BCUT2D eigenvalue weighted by Gasteiger charge is -2.15. The zero-order valence-electron chi connectivity index (χ0n) is 19.9. The first-order valence-corrected chi connectivity index (χ1v) is 11.2. The van der Waals surface area contributed by atoms with E-state index < -0.39 is 0 Å². The van der Waals surface area contributed by atoms with Gasteiger partial charge in [0.15, 0.2) is 0 Å². The minimum Gasteiger partial charge on any atom is -0.493 e. The second-order valence-electron chi connectivity index (χ2n) is 7.89. The summed E-state index contributed by atoms with van der Waals surface area (Å²) in [7, 11) is 1.61. The smallest absolute Gasteiger partial charge is 0.125 e. The number of rotatable bonds is 12. The molecule has 0 aliphatic rings. The average molecular weight is 424 g/mol. The topological polar surface area (TPSA) is 40.0 Å². The molecule has 0 aliphatic carbocycles. The molecule has 1 atom stereocenters. The zero-order chi connectivity index (χ0) is 22.6. The van der Waals surface area contributed by atoms with Gasteiger partial charge < -0.3 is 14.3 Å². The van der Waals surface area contributed by atoms with Crippen LogP contribution in [-0.4, -0.2) is 26.0 Å². The Morgan fingerprint density at radius 2 is 1.84 bits per heavy atom. The summed E-state index contributed by atoms with van der Waals surface area (Å²) in [6.45, 7) is 11.7. The molecule has 168 valence electrons. The van der Waals surface area contributed by atoms with Gasteiger partial charge in [0, 0.05) is 5.92 Å². The summed E-state index contributed by atoms with van der Waals surface area (Å²) in [4.78, 5) is 5.08. The van der Waals surface area contributed by atoms with E-state index in [1.807, 2.05) is 31.2 Å². The molecule has 0 heterocycles. The normalized spacial score (nSPS) is 12.8. The predicted octanol–water partition coefficient (Wildman–Crippen LogP) is 6.67. The number of nitrogens with zero attached hydrogens (tertiary/aromatic N) is 1. The molecular formula is C27H37NO3. The maximum Gasteiger partial charge on any atom is 0.125 e. The molecule has 0 N–H and O–H groups in total. The van der Waals surface area contributed by atoms with E-state index in [4.69, 9.17) is 14.3 Å². The largest absolute Gasteiger partial charge is 0.493 e. The van der Waals surface area contributed by atoms with Gasteiger partial charge in [0.25, 0.3) is 0 Å². The van der Waals surface area contributed by atoms with Gasteiger partial charge in [-0.05, 0) is 80.5 Å². The molecule has 2 aromatic carbocycles. The molecule has 0 aliphatic heterocycles. The van der Waals surface area contributed by atoms with Gasteiger partial charge in [0.1, 0.15) is 25.2 Å². The lowest BCUT2D eigenvalue weighted by Crippen LogP contribution is -2.13. The van der Waals surface area contributed by atoms with Crippen LogP contribution in [0.15, 0.2) is 53.7 Å². The predicted molar refractivity (Wildman–Crippen MR) is 129 cm³/mol. The van der Waals surface area contributed by atoms with E-state index in [-0.39, 0.29) is 0 Å². The van der Waals surface area contributed by atoms with Crippen molar-refractivity contribution in [3.63, 3.8) is 0 Å². The van der Waals surface area contributed by atoms with Crippen LogP contribution in [0.2, 0.25) is 0 Å². The van der Waals surface area contributed by atoms with Crippen LogP contribution in [0.3, 0.4) is 0 Å². The number of aryl methyl sites for hydroxylation is 3. The van der Waals surface area contributed by atoms with Crippen molar-refractivity contribution in [2.75, 3.05) is 20.3 Å². The molecule has 0 saturated carbocycles. The number of oxime groups is 1. The first-order chi connectivity index (χ1) is 15.0. The molecule has 0 fully saturated rings. The summed E-state index contributed by atoms with van der Waals surface area (Å²) >= 11 is 0. The minimum absolute atomic E-state index is 0.356. The molecule has 0 amide bonds. The molecule has 31 heavy (non-hydrogen) atoms. The molecule has 2 rings (SSSR count). The Balaban J connectivity index is 1.95. The van der Waals surface area contributed by atoms with E-state index in [9.17, 15) is 0 Å². The fourth-order valence-electron chi connectivity index (χ4n) is 3.52. The fraction of sp³-hybridized carbons (Fsp3) is 0.444. The van der Waals surface area contributed by atoms with E-state index in [1.54, 1.807) is 7.11 Å². The van der Waals surface area contributed by atoms with Gasteiger partial charge in [-0.2, -0.15) is 0 Å². The molecule has 0 saturated heterocycles. The average Bonchev–Trinajstić information content (AvgIpc) is 2.76. The maximum atomic E-state index is 6.13. The van der Waals surface area contributed by atoms with Crippen molar-refractivity contribution in [3.8, 4) is 11.5 Å². The van der Waals surface area contributed by atoms with Crippen molar-refractivity contribution in [1.29, 1.82) is 0 Å². The molecule has 4 nitrogen and oxygen atoms in total. The first kappa shape index (κ1) is 24.5. The second-order valence-corrected chi connectivity index (χ2v) is 7.89. The van der Waals surface area contributed by atoms with Crippen molar-refractivity contribution in [3.05, 3.63) is 70.8 Å². The van der Waals surface area contributed by atoms with Gasteiger partial charge in [-0.25, -0.2) is 0 Å². The highest BCUT2D eigenvalue weighted by molar-refractivity contribution is 6.01. The molecule has 0 aromatic heterocycles. The highest BCUT2D eigenvalue weighted by Crippen LogP contribution is 2.28. The van der Waals surface area contributed by atoms with Crippen LogP contribution in [0.4, 0.5) is 0 Å². The molecule has 4 heteroatoms. The summed E-state index contributed by atoms with van der Waals surface area (Å²) in [5.41, 5.74) is 5.63. The molecule has 0 bridgehead atoms. The van der Waals surface area contributed by atoms with Gasteiger partial charge in [0.05, 0.1) is 12.3 Å². The Morgan fingerprint density at radius 1 is 1.10 bits per heavy atom. The summed E-state index contributed by atoms with van der Waals surface area (Å²) < 4.78 is 11.9. The van der Waals surface area contributed by atoms with Crippen molar-refractivity contribution in [2.24, 2.45) is 11.1 Å². The van der Waals surface area contributed by atoms with E-state index in [2.05, 4.69) is 57.1 Å². The van der Waals surface area contributed by atoms with E-state index in [0.717, 1.165) is 53.2 Å². The summed E-state index contributed by atoms with van der Waals surface area (Å²) in [6.07, 6.45) is 6.91. The van der Waals surface area contributed by atoms with E-state index in [0.29, 0.717) is 19.1 Å². The van der Waals surface area contributed by atoms with Crippen LogP contribution in [0.5, 0.6) is 11.5 Å². The Kier molecular flexibility index (Phi) is 10.2. The van der Waals surface area contributed by atoms with Crippen LogP contribution in [0.25, 0.3) is 0 Å². The van der Waals surface area contributed by atoms with Crippen molar-refractivity contribution < 1.29 is 14.3 Å². The number of benzene rings is 2. The van der Waals surface area contributed by atoms with Gasteiger partial charge in [-0.1, -0.05) is 49.4 Å². The van der Waals surface area contributed by atoms with Crippen LogP contribution in [0, 0.1) is 19.8 Å². The molecular weight excluding hydrogens is 386 g/mol. The third-order valence-electron chi connectivity index (χ3n) is 5.36. The highest BCUT2D eigenvalue weighted by Gasteiger charge is 2.13. The Labute approximate surface area is 187 Å². The van der Waals surface area contributed by atoms with Crippen molar-refractivity contribution in [2.45, 2.75) is 53.9 Å². The van der Waals surface area contributed by atoms with Gasteiger partial charge in [-0.3, -0.25) is 0 Å². The lowest BCUT2D eigenvalue weighted by atomic mass is 9.94. The highest BCUT2D eigenvalue weighted by atomic mass is 16.6. The summed E-state index contributed by atoms with van der Waals surface area (Å²) in [5, 5.41) is 4.27. The monoisotopic (exact) mass is 423 g/mol. The quantitative estimate of drug-likeness (QED) is 0.166. The van der Waals surface area contributed by atoms with Crippen molar-refractivity contribution >= 4 is 5.71 Å². The number of allylic oxidation sites excluding steroid dienone is 1. The number of hydrogen-bond acceptors (Lipinski definition) is 4. The van der Waals surface area contributed by atoms with Gasteiger partial charge in [-0.15, -0.1) is 0 Å². The summed E-state index contributed by atoms with van der Waals surface area (Å²) in [5.74, 6) is 2.19. The van der Waals surface area contributed by atoms with Crippen LogP contribution < -0.4 is 9.47 Å². The minimum atomic E-state index is 0.356. The van der Waals surface area contributed by atoms with Gasteiger partial charge >= 0.3 is 0 Å². The maximum absolute atomic E-state index is 6.13. The molecule has 0 spiro atoms. The SMILES string of the molecule is C/C=C/COc1cc(C)c(OCCCc2cccc(C(=NOC)C(C)CC)c2)c(C)c1. The Hall–Kier alpha value is -2.75. The van der Waals surface area contributed by atoms with E-state index >= 15 is 0 Å². The summed E-state index contributed by atoms with van der Waals surface area (Å²) in [6, 6.07) is 12.7. The fourth-order valence-corrected chi connectivity index (χ4v) is 3.52. The Morgan fingerprint density at radius 3 is 2.48 bits per heavy atom. The standard InChI is InChI=1S/C27H37NO3/c1-7-9-15-30-25-17-21(4)27(22(5)18-25)31-16-11-13-23-12-10-14-24(19-23)26(28-29-6)20(3)8-2/h7,9-10,12,14,17-20H,8,11,13,15-16H2,1-6H3/b9-7+,28-26?. The number of hydrogen-bond donors (Lipinski definition) is 0. The number of ether oxygens (including phenoxy) is 2. The second kappa shape index (κ2) is 12.8. The molecule has 2 aromatic rings. The van der Waals surface area contributed by atoms with Crippen LogP contribution in [-0.2, 0) is 11.3 Å². The third kappa shape index (κ3) is 7.46. The van der Waals surface area contributed by atoms with Gasteiger partial charge in [0.2, 0.25) is 0 Å². The lowest BCUT2D eigenvalue weighted by molar-refractivity contribution is 0.211. The molecule has 1 unspecified atom stereocenters. The Bertz CT molecular complexity index is 863. The van der Waals surface area contributed by atoms with Crippen LogP contribution >= 0.6 is 0 Å². The molecule has 0 radical (unpaired) electrons. The van der Waals surface area contributed by atoms with Crippen molar-refractivity contribution in [1.82, 2.24) is 0 Å². The third-order valence-corrected chi connectivity index (χ3v) is 5.36. The zero-order valence-corrected chi connectivity index (χ0v) is 19.9.